The van der Waals surface area contributed by atoms with Gasteiger partial charge in [-0.25, -0.2) is 4.79 Å². The molecule has 0 saturated carbocycles. The summed E-state index contributed by atoms with van der Waals surface area (Å²) in [6.07, 6.45) is 3.24. The van der Waals surface area contributed by atoms with E-state index in [9.17, 15) is 4.79 Å². The molecule has 0 aliphatic heterocycles. The van der Waals surface area contributed by atoms with E-state index >= 15 is 0 Å². The number of carbonyl (C=O) groups excluding carboxylic acids is 1. The number of aromatic nitrogens is 1. The highest BCUT2D eigenvalue weighted by atomic mass is 16.5. The molecule has 5 heteroatoms. The van der Waals surface area contributed by atoms with Gasteiger partial charge in [0, 0.05) is 0 Å². The fourth-order valence-electron chi connectivity index (χ4n) is 2.10. The Labute approximate surface area is 141 Å². The molecule has 0 fully saturated rings. The van der Waals surface area contributed by atoms with E-state index in [0.717, 1.165) is 5.56 Å². The zero-order valence-corrected chi connectivity index (χ0v) is 13.7. The normalized spacial score (nSPS) is 10.8. The lowest BCUT2D eigenvalue weighted by Crippen LogP contribution is -2.08. The quantitative estimate of drug-likeness (QED) is 0.601. The summed E-state index contributed by atoms with van der Waals surface area (Å²) in [6.45, 7) is 4.45. The van der Waals surface area contributed by atoms with Gasteiger partial charge in [-0.15, -0.1) is 0 Å². The molecule has 0 saturated heterocycles. The van der Waals surface area contributed by atoms with Crippen LogP contribution in [0.4, 0.5) is 0 Å². The molecule has 2 aromatic rings. The lowest BCUT2D eigenvalue weighted by Gasteiger charge is -2.08. The van der Waals surface area contributed by atoms with Crippen LogP contribution in [0.5, 0.6) is 5.75 Å². The van der Waals surface area contributed by atoms with Gasteiger partial charge in [0.2, 0.25) is 0 Å². The molecule has 0 unspecified atom stereocenters. The van der Waals surface area contributed by atoms with Crippen molar-refractivity contribution in [3.8, 4) is 11.8 Å². The highest BCUT2D eigenvalue weighted by Gasteiger charge is 2.15. The van der Waals surface area contributed by atoms with Crippen molar-refractivity contribution in [2.45, 2.75) is 13.8 Å². The van der Waals surface area contributed by atoms with Crippen molar-refractivity contribution in [2.75, 3.05) is 13.2 Å². The van der Waals surface area contributed by atoms with Crippen LogP contribution in [0.2, 0.25) is 0 Å². The first-order valence-corrected chi connectivity index (χ1v) is 7.66. The van der Waals surface area contributed by atoms with Crippen molar-refractivity contribution in [3.05, 3.63) is 59.4 Å². The Kier molecular flexibility index (Phi) is 6.09. The van der Waals surface area contributed by atoms with Crippen LogP contribution in [0.3, 0.4) is 0 Å². The third-order valence-corrected chi connectivity index (χ3v) is 3.15. The summed E-state index contributed by atoms with van der Waals surface area (Å²) in [5.74, 6) is 0.174. The minimum atomic E-state index is -0.462. The summed E-state index contributed by atoms with van der Waals surface area (Å²) < 4.78 is 10.5. The van der Waals surface area contributed by atoms with E-state index in [1.807, 2.05) is 13.0 Å². The minimum Gasteiger partial charge on any atom is -0.492 e. The summed E-state index contributed by atoms with van der Waals surface area (Å²) in [4.78, 5) is 16.6. The Balaban J connectivity index is 2.42. The van der Waals surface area contributed by atoms with Crippen molar-refractivity contribution in [1.29, 1.82) is 5.26 Å². The molecule has 0 N–H and O–H groups in total. The number of nitrogens with zero attached hydrogens (tertiary/aromatic N) is 2. The van der Waals surface area contributed by atoms with Crippen molar-refractivity contribution >= 4 is 17.6 Å². The van der Waals surface area contributed by atoms with Gasteiger partial charge in [0.15, 0.2) is 0 Å². The fourth-order valence-corrected chi connectivity index (χ4v) is 2.10. The maximum atomic E-state index is 12.3. The van der Waals surface area contributed by atoms with Crippen molar-refractivity contribution in [1.82, 2.24) is 4.98 Å². The SMILES string of the molecule is CCOC(=O)/C(=C\c1cccc(C#N)c1)c1ccc(OCC)cn1. The second-order valence-corrected chi connectivity index (χ2v) is 4.83. The number of hydrogen-bond acceptors (Lipinski definition) is 5. The molecule has 0 amide bonds. The van der Waals surface area contributed by atoms with E-state index in [0.29, 0.717) is 29.2 Å². The van der Waals surface area contributed by atoms with Crippen LogP contribution in [-0.2, 0) is 9.53 Å². The third-order valence-electron chi connectivity index (χ3n) is 3.15. The van der Waals surface area contributed by atoms with Gasteiger partial charge >= 0.3 is 5.97 Å². The van der Waals surface area contributed by atoms with E-state index in [-0.39, 0.29) is 6.61 Å². The summed E-state index contributed by atoms with van der Waals surface area (Å²) in [5, 5.41) is 9.00. The molecule has 0 aliphatic rings. The fraction of sp³-hybridized carbons (Fsp3) is 0.211. The van der Waals surface area contributed by atoms with Crippen LogP contribution in [-0.4, -0.2) is 24.2 Å². The number of ether oxygens (including phenoxy) is 2. The van der Waals surface area contributed by atoms with Gasteiger partial charge in [0.1, 0.15) is 5.75 Å². The third kappa shape index (κ3) is 4.43. The highest BCUT2D eigenvalue weighted by molar-refractivity contribution is 6.21. The first-order chi connectivity index (χ1) is 11.7. The Bertz CT molecular complexity index is 774. The summed E-state index contributed by atoms with van der Waals surface area (Å²) >= 11 is 0. The van der Waals surface area contributed by atoms with Gasteiger partial charge in [-0.3, -0.25) is 4.98 Å². The predicted octanol–water partition coefficient (Wildman–Crippen LogP) is 3.46. The van der Waals surface area contributed by atoms with Gasteiger partial charge in [-0.2, -0.15) is 5.26 Å². The van der Waals surface area contributed by atoms with E-state index in [4.69, 9.17) is 14.7 Å². The Hall–Kier alpha value is -3.13. The van der Waals surface area contributed by atoms with E-state index in [1.165, 1.54) is 0 Å². The van der Waals surface area contributed by atoms with E-state index in [1.54, 1.807) is 49.5 Å². The summed E-state index contributed by atoms with van der Waals surface area (Å²) in [6, 6.07) is 12.5. The van der Waals surface area contributed by atoms with Gasteiger partial charge in [-0.05, 0) is 49.8 Å². The maximum Gasteiger partial charge on any atom is 0.340 e. The molecule has 122 valence electrons. The topological polar surface area (TPSA) is 72.2 Å². The number of rotatable bonds is 6. The molecular weight excluding hydrogens is 304 g/mol. The number of nitriles is 1. The molecular formula is C19H18N2O3. The van der Waals surface area contributed by atoms with Crippen LogP contribution >= 0.6 is 0 Å². The molecule has 24 heavy (non-hydrogen) atoms. The average molecular weight is 322 g/mol. The smallest absolute Gasteiger partial charge is 0.340 e. The number of carbonyl (C=O) groups is 1. The lowest BCUT2D eigenvalue weighted by molar-refractivity contribution is -0.136. The molecule has 1 heterocycles. The van der Waals surface area contributed by atoms with Crippen LogP contribution in [0.1, 0.15) is 30.7 Å². The number of esters is 1. The van der Waals surface area contributed by atoms with Crippen LogP contribution < -0.4 is 4.74 Å². The lowest BCUT2D eigenvalue weighted by atomic mass is 10.1. The molecule has 1 aromatic carbocycles. The first-order valence-electron chi connectivity index (χ1n) is 7.66. The number of pyridine rings is 1. The Morgan fingerprint density at radius 3 is 2.71 bits per heavy atom. The molecule has 0 bridgehead atoms. The Morgan fingerprint density at radius 1 is 1.25 bits per heavy atom. The molecule has 0 spiro atoms. The van der Waals surface area contributed by atoms with Crippen LogP contribution in [0.25, 0.3) is 11.6 Å². The Morgan fingerprint density at radius 2 is 2.08 bits per heavy atom. The molecule has 5 nitrogen and oxygen atoms in total. The van der Waals surface area contributed by atoms with Crippen LogP contribution in [0.15, 0.2) is 42.6 Å². The van der Waals surface area contributed by atoms with Crippen LogP contribution in [0, 0.1) is 11.3 Å². The predicted molar refractivity (Wildman–Crippen MR) is 91.1 cm³/mol. The van der Waals surface area contributed by atoms with E-state index in [2.05, 4.69) is 11.1 Å². The van der Waals surface area contributed by atoms with Crippen molar-refractivity contribution in [3.63, 3.8) is 0 Å². The second-order valence-electron chi connectivity index (χ2n) is 4.83. The van der Waals surface area contributed by atoms with Gasteiger partial charge < -0.3 is 9.47 Å². The minimum absolute atomic E-state index is 0.269. The first kappa shape index (κ1) is 17.2. The number of hydrogen-bond donors (Lipinski definition) is 0. The molecule has 0 aliphatic carbocycles. The van der Waals surface area contributed by atoms with Crippen molar-refractivity contribution in [2.24, 2.45) is 0 Å². The van der Waals surface area contributed by atoms with Gasteiger partial charge in [-0.1, -0.05) is 12.1 Å². The van der Waals surface area contributed by atoms with Crippen molar-refractivity contribution < 1.29 is 14.3 Å². The zero-order valence-electron chi connectivity index (χ0n) is 13.7. The summed E-state index contributed by atoms with van der Waals surface area (Å²) in [7, 11) is 0. The van der Waals surface area contributed by atoms with Gasteiger partial charge in [0.05, 0.1) is 42.3 Å². The molecule has 0 radical (unpaired) electrons. The average Bonchev–Trinajstić information content (AvgIpc) is 2.61. The molecule has 0 atom stereocenters. The molecule has 1 aromatic heterocycles. The standard InChI is InChI=1S/C19H18N2O3/c1-3-23-16-8-9-18(21-13-16)17(19(22)24-4-2)11-14-6-5-7-15(10-14)12-20/h5-11,13H,3-4H2,1-2H3/b17-11-. The largest absolute Gasteiger partial charge is 0.492 e. The highest BCUT2D eigenvalue weighted by Crippen LogP contribution is 2.21. The number of benzene rings is 1. The van der Waals surface area contributed by atoms with Gasteiger partial charge in [0.25, 0.3) is 0 Å². The zero-order chi connectivity index (χ0) is 17.4. The summed E-state index contributed by atoms with van der Waals surface area (Å²) in [5.41, 5.74) is 2.06. The maximum absolute atomic E-state index is 12.3. The second kappa shape index (κ2) is 8.49. The molecule has 2 rings (SSSR count). The van der Waals surface area contributed by atoms with E-state index < -0.39 is 5.97 Å². The monoisotopic (exact) mass is 322 g/mol.